The molecule has 0 aliphatic rings. The van der Waals surface area contributed by atoms with Crippen molar-refractivity contribution >= 4 is 94.0 Å². The Morgan fingerprint density at radius 1 is 0.348 bits per heavy atom. The summed E-state index contributed by atoms with van der Waals surface area (Å²) in [6.45, 7) is 0. The number of hydrogen-bond acceptors (Lipinski definition) is 8. The highest BCUT2D eigenvalue weighted by Gasteiger charge is 2.11. The Hall–Kier alpha value is -4.86. The van der Waals surface area contributed by atoms with E-state index in [-0.39, 0.29) is 23.0 Å². The maximum Gasteiger partial charge on any atom is 0.124 e. The van der Waals surface area contributed by atoms with Crippen molar-refractivity contribution < 1.29 is 20.4 Å². The van der Waals surface area contributed by atoms with Crippen molar-refractivity contribution in [3.63, 3.8) is 0 Å². The minimum Gasteiger partial charge on any atom is -0.507 e. The summed E-state index contributed by atoms with van der Waals surface area (Å²) < 4.78 is 0. The van der Waals surface area contributed by atoms with Gasteiger partial charge < -0.3 is 20.4 Å². The van der Waals surface area contributed by atoms with Crippen LogP contribution in [0.25, 0.3) is 0 Å². The molecule has 0 amide bonds. The predicted octanol–water partition coefficient (Wildman–Crippen LogP) is 10.1. The van der Waals surface area contributed by atoms with Gasteiger partial charge in [-0.05, 0) is 84.9 Å². The predicted molar refractivity (Wildman–Crippen MR) is 188 cm³/mol. The number of nitrogens with zero attached hydrogens (tertiary/aromatic N) is 4. The summed E-state index contributed by atoms with van der Waals surface area (Å²) >= 11 is 24.5. The molecule has 0 heterocycles. The third-order valence-corrected chi connectivity index (χ3v) is 7.34. The minimum absolute atomic E-state index is 0.0423. The number of phenols is 4. The number of aliphatic imine (C=N–C) groups is 4. The molecule has 5 rings (SSSR count). The molecule has 0 spiro atoms. The number of halogens is 4. The van der Waals surface area contributed by atoms with E-state index < -0.39 is 0 Å². The van der Waals surface area contributed by atoms with Crippen molar-refractivity contribution in [1.29, 1.82) is 0 Å². The molecule has 0 aliphatic carbocycles. The highest BCUT2D eigenvalue weighted by molar-refractivity contribution is 6.32. The summed E-state index contributed by atoms with van der Waals surface area (Å²) in [7, 11) is 0. The minimum atomic E-state index is -0.0423. The molecule has 0 saturated carbocycles. The van der Waals surface area contributed by atoms with E-state index in [9.17, 15) is 20.4 Å². The van der Waals surface area contributed by atoms with Gasteiger partial charge in [-0.1, -0.05) is 46.4 Å². The number of rotatable bonds is 8. The third-order valence-electron chi connectivity index (χ3n) is 6.40. The summed E-state index contributed by atoms with van der Waals surface area (Å²) in [6.07, 6.45) is 5.65. The molecule has 5 aromatic carbocycles. The molecule has 230 valence electrons. The molecule has 0 bridgehead atoms. The zero-order valence-electron chi connectivity index (χ0n) is 23.5. The van der Waals surface area contributed by atoms with Crippen molar-refractivity contribution in [2.75, 3.05) is 0 Å². The van der Waals surface area contributed by atoms with Crippen LogP contribution < -0.4 is 0 Å². The lowest BCUT2D eigenvalue weighted by molar-refractivity contribution is 0.474. The Morgan fingerprint density at radius 3 is 0.783 bits per heavy atom. The van der Waals surface area contributed by atoms with Crippen LogP contribution >= 0.6 is 46.4 Å². The van der Waals surface area contributed by atoms with Crippen molar-refractivity contribution in [3.05, 3.63) is 127 Å². The molecule has 12 heteroatoms. The van der Waals surface area contributed by atoms with Gasteiger partial charge in [0.05, 0.1) is 22.7 Å². The Labute approximate surface area is 283 Å². The maximum atomic E-state index is 10.3. The Balaban J connectivity index is 1.69. The van der Waals surface area contributed by atoms with Crippen LogP contribution in [-0.4, -0.2) is 45.3 Å². The first kappa shape index (κ1) is 32.5. The lowest BCUT2D eigenvalue weighted by Gasteiger charge is -2.08. The molecule has 8 nitrogen and oxygen atoms in total. The second-order valence-corrected chi connectivity index (χ2v) is 11.4. The fourth-order valence-corrected chi connectivity index (χ4v) is 4.76. The van der Waals surface area contributed by atoms with Gasteiger partial charge in [0.25, 0.3) is 0 Å². The lowest BCUT2D eigenvalue weighted by atomic mass is 10.1. The van der Waals surface area contributed by atoms with E-state index in [0.717, 1.165) is 0 Å². The van der Waals surface area contributed by atoms with Crippen LogP contribution in [0.4, 0.5) is 22.7 Å². The van der Waals surface area contributed by atoms with Crippen molar-refractivity contribution in [2.45, 2.75) is 0 Å². The highest BCUT2D eigenvalue weighted by atomic mass is 35.5. The second-order valence-electron chi connectivity index (χ2n) is 9.67. The van der Waals surface area contributed by atoms with E-state index >= 15 is 0 Å². The van der Waals surface area contributed by atoms with Crippen molar-refractivity contribution in [1.82, 2.24) is 0 Å². The van der Waals surface area contributed by atoms with Gasteiger partial charge in [0.15, 0.2) is 0 Å². The van der Waals surface area contributed by atoms with Crippen LogP contribution in [-0.2, 0) is 0 Å². The van der Waals surface area contributed by atoms with E-state index in [2.05, 4.69) is 20.0 Å². The third kappa shape index (κ3) is 8.24. The van der Waals surface area contributed by atoms with Gasteiger partial charge >= 0.3 is 0 Å². The smallest absolute Gasteiger partial charge is 0.124 e. The van der Waals surface area contributed by atoms with Crippen molar-refractivity contribution in [3.8, 4) is 23.0 Å². The van der Waals surface area contributed by atoms with Crippen LogP contribution in [0.1, 0.15) is 22.3 Å². The molecule has 0 unspecified atom stereocenters. The molecule has 46 heavy (non-hydrogen) atoms. The lowest BCUT2D eigenvalue weighted by Crippen LogP contribution is -1.86. The molecule has 5 aromatic rings. The summed E-state index contributed by atoms with van der Waals surface area (Å²) in [5.41, 5.74) is 2.58. The Morgan fingerprint density at radius 2 is 0.565 bits per heavy atom. The van der Waals surface area contributed by atoms with E-state index in [1.165, 1.54) is 49.1 Å². The summed E-state index contributed by atoms with van der Waals surface area (Å²) in [4.78, 5) is 18.3. The van der Waals surface area contributed by atoms with Crippen LogP contribution in [0.2, 0.25) is 20.1 Å². The van der Waals surface area contributed by atoms with Gasteiger partial charge in [-0.3, -0.25) is 20.0 Å². The summed E-state index contributed by atoms with van der Waals surface area (Å²) in [6, 6.07) is 21.3. The molecular weight excluding hydrogens is 670 g/mol. The van der Waals surface area contributed by atoms with Crippen LogP contribution in [0.3, 0.4) is 0 Å². The normalized spacial score (nSPS) is 11.9. The Kier molecular flexibility index (Phi) is 10.2. The van der Waals surface area contributed by atoms with Crippen molar-refractivity contribution in [2.24, 2.45) is 20.0 Å². The first-order chi connectivity index (χ1) is 22.0. The molecule has 0 radical (unpaired) electrons. The standard InChI is InChI=1S/C34H22Cl4N4O4/c35-23-1-5-31(43)19(9-23)15-39-27-13-29(41-17-21-11-25(37)3-7-33(21)45)30(42-18-22-12-26(38)4-8-34(22)46)14-28(27)40-16-20-10-24(36)2-6-32(20)44/h1-18,43-46H. The largest absolute Gasteiger partial charge is 0.507 e. The number of aromatic hydroxyl groups is 4. The van der Waals surface area contributed by atoms with E-state index in [0.29, 0.717) is 65.1 Å². The first-order valence-electron chi connectivity index (χ1n) is 13.3. The SMILES string of the molecule is Oc1ccc(Cl)cc1C=Nc1cc(N=Cc2cc(Cl)ccc2O)c(N=Cc2cc(Cl)ccc2O)cc1N=Cc1cc(Cl)ccc1O. The fraction of sp³-hybridized carbons (Fsp3) is 0. The average Bonchev–Trinajstić information content (AvgIpc) is 3.03. The van der Waals surface area contributed by atoms with Gasteiger partial charge in [-0.15, -0.1) is 0 Å². The van der Waals surface area contributed by atoms with Gasteiger partial charge in [0.1, 0.15) is 23.0 Å². The molecule has 4 N–H and O–H groups in total. The summed E-state index contributed by atoms with van der Waals surface area (Å²) in [5, 5.41) is 43.0. The summed E-state index contributed by atoms with van der Waals surface area (Å²) in [5.74, 6) is -0.169. The highest BCUT2D eigenvalue weighted by Crippen LogP contribution is 2.41. The maximum absolute atomic E-state index is 10.3. The quantitative estimate of drug-likeness (QED) is 0.121. The van der Waals surface area contributed by atoms with Gasteiger partial charge in [-0.25, -0.2) is 0 Å². The Bertz CT molecular complexity index is 1770. The van der Waals surface area contributed by atoms with Crippen LogP contribution in [0, 0.1) is 0 Å². The van der Waals surface area contributed by atoms with Gasteiger partial charge in [0, 0.05) is 67.2 Å². The van der Waals surface area contributed by atoms with Gasteiger partial charge in [0.2, 0.25) is 0 Å². The average molecular weight is 692 g/mol. The van der Waals surface area contributed by atoms with Crippen LogP contribution in [0.5, 0.6) is 23.0 Å². The first-order valence-corrected chi connectivity index (χ1v) is 14.9. The topological polar surface area (TPSA) is 130 Å². The second kappa shape index (κ2) is 14.5. The fourth-order valence-electron chi connectivity index (χ4n) is 4.04. The number of hydrogen-bond donors (Lipinski definition) is 4. The molecule has 0 atom stereocenters. The zero-order chi connectivity index (χ0) is 32.8. The van der Waals surface area contributed by atoms with Crippen LogP contribution in [0.15, 0.2) is 105 Å². The van der Waals surface area contributed by atoms with E-state index in [1.54, 1.807) is 60.7 Å². The number of phenolic OH excluding ortho intramolecular Hbond substituents is 4. The number of benzene rings is 5. The molecule has 0 saturated heterocycles. The molecular formula is C34H22Cl4N4O4. The molecule has 0 fully saturated rings. The zero-order valence-corrected chi connectivity index (χ0v) is 26.5. The molecule has 0 aliphatic heterocycles. The monoisotopic (exact) mass is 690 g/mol. The van der Waals surface area contributed by atoms with E-state index in [4.69, 9.17) is 46.4 Å². The van der Waals surface area contributed by atoms with E-state index in [1.807, 2.05) is 0 Å². The van der Waals surface area contributed by atoms with Gasteiger partial charge in [-0.2, -0.15) is 0 Å². The molecule has 0 aromatic heterocycles.